The molecular weight excluding hydrogens is 413 g/mol. The highest BCUT2D eigenvalue weighted by atomic mass is 127. The van der Waals surface area contributed by atoms with Crippen LogP contribution in [0.3, 0.4) is 0 Å². The maximum atomic E-state index is 11.2. The van der Waals surface area contributed by atoms with E-state index in [1.807, 2.05) is 49.5 Å². The van der Waals surface area contributed by atoms with Crippen molar-refractivity contribution in [3.05, 3.63) is 71.9 Å². The minimum Gasteiger partial charge on any atom is -1.00 e. The largest absolute Gasteiger partial charge is 1.00 e. The molecule has 3 aromatic rings. The molecule has 0 bridgehead atoms. The quantitative estimate of drug-likeness (QED) is 0.266. The Morgan fingerprint density at radius 3 is 2.46 bits per heavy atom. The molecule has 2 aromatic carbocycles. The van der Waals surface area contributed by atoms with Crippen LogP contribution in [0.15, 0.2) is 60.7 Å². The summed E-state index contributed by atoms with van der Waals surface area (Å²) in [5.74, 6) is 0.252. The third kappa shape index (κ3) is 4.00. The predicted molar refractivity (Wildman–Crippen MR) is 91.8 cm³/mol. The molecule has 0 unspecified atom stereocenters. The van der Waals surface area contributed by atoms with Crippen LogP contribution in [0.2, 0.25) is 0 Å². The van der Waals surface area contributed by atoms with Gasteiger partial charge in [0.25, 0.3) is 0 Å². The van der Waals surface area contributed by atoms with Crippen molar-refractivity contribution in [1.82, 2.24) is 0 Å². The number of rotatable bonds is 3. The molecule has 0 aliphatic carbocycles. The van der Waals surface area contributed by atoms with E-state index in [1.54, 1.807) is 6.07 Å². The normalized spacial score (nSPS) is 10.6. The number of hydrogen-bond acceptors (Lipinski definition) is 2. The molecule has 0 radical (unpaired) electrons. The average molecular weight is 431 g/mol. The van der Waals surface area contributed by atoms with Crippen LogP contribution in [0.1, 0.15) is 18.2 Å². The number of para-hydroxylation sites is 2. The van der Waals surface area contributed by atoms with Crippen molar-refractivity contribution >= 4 is 29.0 Å². The first-order valence-electron chi connectivity index (χ1n) is 7.48. The van der Waals surface area contributed by atoms with Crippen molar-refractivity contribution in [2.45, 2.75) is 6.92 Å². The number of aryl methyl sites for hydroxylation is 1. The van der Waals surface area contributed by atoms with Crippen LogP contribution < -0.4 is 33.3 Å². The smallest absolute Gasteiger partial charge is 0.308 e. The standard InChI is InChI=1S/C20H18NO2.HI/c1-15(22)23-20-10-6-4-8-17(20)12-14-18-13-11-16-7-3-5-9-19(16)21(18)2;/h3-14H,1-2H3;1H/q+1;/p-1. The van der Waals surface area contributed by atoms with Gasteiger partial charge < -0.3 is 28.7 Å². The van der Waals surface area contributed by atoms with E-state index in [0.29, 0.717) is 5.75 Å². The number of pyridine rings is 1. The highest BCUT2D eigenvalue weighted by Crippen LogP contribution is 2.21. The number of carbonyl (C=O) groups excluding carboxylic acids is 1. The number of hydrogen-bond donors (Lipinski definition) is 0. The molecule has 0 amide bonds. The second-order valence-electron chi connectivity index (χ2n) is 5.34. The lowest BCUT2D eigenvalue weighted by molar-refractivity contribution is -0.646. The Morgan fingerprint density at radius 2 is 1.67 bits per heavy atom. The molecule has 0 aliphatic heterocycles. The van der Waals surface area contributed by atoms with Gasteiger partial charge in [0.1, 0.15) is 12.8 Å². The van der Waals surface area contributed by atoms with Gasteiger partial charge in [0.2, 0.25) is 11.2 Å². The Labute approximate surface area is 158 Å². The topological polar surface area (TPSA) is 30.2 Å². The van der Waals surface area contributed by atoms with Crippen LogP contribution in [-0.4, -0.2) is 5.97 Å². The third-order valence-electron chi connectivity index (χ3n) is 3.73. The van der Waals surface area contributed by atoms with Crippen molar-refractivity contribution in [2.75, 3.05) is 0 Å². The van der Waals surface area contributed by atoms with Crippen LogP contribution in [0.4, 0.5) is 0 Å². The Bertz CT molecular complexity index is 903. The fraction of sp³-hybridized carbons (Fsp3) is 0.100. The van der Waals surface area contributed by atoms with E-state index in [1.165, 1.54) is 17.8 Å². The average Bonchev–Trinajstić information content (AvgIpc) is 2.55. The van der Waals surface area contributed by atoms with Gasteiger partial charge in [-0.25, -0.2) is 0 Å². The molecule has 24 heavy (non-hydrogen) atoms. The van der Waals surface area contributed by atoms with E-state index in [4.69, 9.17) is 4.74 Å². The minimum absolute atomic E-state index is 0. The molecule has 3 nitrogen and oxygen atoms in total. The zero-order chi connectivity index (χ0) is 16.2. The second-order valence-corrected chi connectivity index (χ2v) is 5.34. The summed E-state index contributed by atoms with van der Waals surface area (Å²) in [5.41, 5.74) is 3.11. The number of nitrogens with zero attached hydrogens (tertiary/aromatic N) is 1. The van der Waals surface area contributed by atoms with E-state index >= 15 is 0 Å². The number of esters is 1. The van der Waals surface area contributed by atoms with E-state index < -0.39 is 0 Å². The van der Waals surface area contributed by atoms with Gasteiger partial charge in [-0.15, -0.1) is 0 Å². The fourth-order valence-electron chi connectivity index (χ4n) is 2.57. The third-order valence-corrected chi connectivity index (χ3v) is 3.73. The van der Waals surface area contributed by atoms with Gasteiger partial charge in [-0.05, 0) is 24.3 Å². The molecule has 0 aliphatic rings. The number of aromatic nitrogens is 1. The van der Waals surface area contributed by atoms with Crippen LogP contribution >= 0.6 is 0 Å². The zero-order valence-corrected chi connectivity index (χ0v) is 15.7. The Morgan fingerprint density at radius 1 is 0.958 bits per heavy atom. The van der Waals surface area contributed by atoms with Gasteiger partial charge in [0.15, 0.2) is 0 Å². The molecule has 122 valence electrons. The maximum absolute atomic E-state index is 11.2. The van der Waals surface area contributed by atoms with Crippen LogP contribution in [0, 0.1) is 0 Å². The van der Waals surface area contributed by atoms with E-state index in [0.717, 1.165) is 11.3 Å². The Balaban J connectivity index is 0.00000208. The molecule has 0 saturated carbocycles. The number of benzene rings is 2. The first-order valence-corrected chi connectivity index (χ1v) is 7.48. The van der Waals surface area contributed by atoms with Gasteiger partial charge in [-0.2, -0.15) is 4.57 Å². The molecule has 0 saturated heterocycles. The molecule has 1 aromatic heterocycles. The maximum Gasteiger partial charge on any atom is 0.308 e. The zero-order valence-electron chi connectivity index (χ0n) is 13.6. The monoisotopic (exact) mass is 431 g/mol. The van der Waals surface area contributed by atoms with Crippen LogP contribution in [0.25, 0.3) is 23.1 Å². The Hall–Kier alpha value is -2.21. The lowest BCUT2D eigenvalue weighted by atomic mass is 10.1. The van der Waals surface area contributed by atoms with Crippen LogP contribution in [-0.2, 0) is 11.8 Å². The minimum atomic E-state index is -0.317. The highest BCUT2D eigenvalue weighted by Gasteiger charge is 2.09. The van der Waals surface area contributed by atoms with Gasteiger partial charge in [0, 0.05) is 36.1 Å². The number of ether oxygens (including phenoxy) is 1. The Kier molecular flexibility index (Phi) is 6.09. The number of halogens is 1. The lowest BCUT2D eigenvalue weighted by Crippen LogP contribution is -3.00. The molecule has 1 heterocycles. The van der Waals surface area contributed by atoms with Gasteiger partial charge in [0.05, 0.1) is 0 Å². The molecule has 0 N–H and O–H groups in total. The summed E-state index contributed by atoms with van der Waals surface area (Å²) in [6.07, 6.45) is 3.98. The van der Waals surface area contributed by atoms with E-state index in [2.05, 4.69) is 28.8 Å². The summed E-state index contributed by atoms with van der Waals surface area (Å²) in [7, 11) is 2.04. The van der Waals surface area contributed by atoms with Gasteiger partial charge >= 0.3 is 5.97 Å². The van der Waals surface area contributed by atoms with E-state index in [9.17, 15) is 4.79 Å². The summed E-state index contributed by atoms with van der Waals surface area (Å²) in [6.45, 7) is 1.41. The molecule has 3 rings (SSSR count). The fourth-order valence-corrected chi connectivity index (χ4v) is 2.57. The molecular formula is C20H18INO2. The second kappa shape index (κ2) is 8.06. The first-order chi connectivity index (χ1) is 11.1. The van der Waals surface area contributed by atoms with Gasteiger partial charge in [-0.1, -0.05) is 30.3 Å². The number of fused-ring (bicyclic) bond motifs is 1. The predicted octanol–water partition coefficient (Wildman–Crippen LogP) is 0.764. The van der Waals surface area contributed by atoms with Gasteiger partial charge in [-0.3, -0.25) is 4.79 Å². The molecule has 0 spiro atoms. The summed E-state index contributed by atoms with van der Waals surface area (Å²) in [4.78, 5) is 11.2. The molecule has 4 heteroatoms. The summed E-state index contributed by atoms with van der Waals surface area (Å²) in [6, 6.07) is 19.9. The van der Waals surface area contributed by atoms with Crippen molar-refractivity contribution in [1.29, 1.82) is 0 Å². The summed E-state index contributed by atoms with van der Waals surface area (Å²) >= 11 is 0. The van der Waals surface area contributed by atoms with E-state index in [-0.39, 0.29) is 29.9 Å². The molecule has 0 fully saturated rings. The highest BCUT2D eigenvalue weighted by molar-refractivity contribution is 5.78. The first kappa shape index (κ1) is 18.1. The summed E-state index contributed by atoms with van der Waals surface area (Å²) in [5, 5.41) is 1.20. The van der Waals surface area contributed by atoms with Crippen molar-refractivity contribution < 1.29 is 38.1 Å². The molecule has 0 atom stereocenters. The lowest BCUT2D eigenvalue weighted by Gasteiger charge is -2.04. The SMILES string of the molecule is CC(=O)Oc1ccccc1C=Cc1ccc2ccccc2[n+]1C.[I-]. The van der Waals surface area contributed by atoms with Crippen molar-refractivity contribution in [3.8, 4) is 5.75 Å². The van der Waals surface area contributed by atoms with Crippen molar-refractivity contribution in [3.63, 3.8) is 0 Å². The number of carbonyl (C=O) groups is 1. The van der Waals surface area contributed by atoms with Crippen LogP contribution in [0.5, 0.6) is 5.75 Å². The summed E-state index contributed by atoms with van der Waals surface area (Å²) < 4.78 is 7.38. The van der Waals surface area contributed by atoms with Crippen molar-refractivity contribution in [2.24, 2.45) is 7.05 Å².